The van der Waals surface area contributed by atoms with Crippen LogP contribution in [0.25, 0.3) is 0 Å². The van der Waals surface area contributed by atoms with E-state index in [1.54, 1.807) is 17.5 Å². The second kappa shape index (κ2) is 6.14. The molecule has 0 radical (unpaired) electrons. The fraction of sp³-hybridized carbons (Fsp3) is 0.733. The molecular weight excluding hydrogens is 302 g/mol. The van der Waals surface area contributed by atoms with Crippen LogP contribution in [0.4, 0.5) is 4.79 Å². The van der Waals surface area contributed by atoms with Crippen molar-refractivity contribution in [1.29, 1.82) is 0 Å². The maximum atomic E-state index is 12.0. The molecule has 1 amide bonds. The predicted molar refractivity (Wildman–Crippen MR) is 83.7 cm³/mol. The van der Waals surface area contributed by atoms with Crippen LogP contribution in [-0.2, 0) is 16.0 Å². The van der Waals surface area contributed by atoms with E-state index in [0.717, 1.165) is 18.0 Å². The van der Waals surface area contributed by atoms with Crippen LogP contribution in [0.2, 0.25) is 0 Å². The lowest BCUT2D eigenvalue weighted by Gasteiger charge is -2.48. The minimum Gasteiger partial charge on any atom is -0.444 e. The molecule has 0 bridgehead atoms. The number of rotatable bonds is 4. The normalized spacial score (nSPS) is 30.5. The molecule has 0 spiro atoms. The number of carbonyl (C=O) groups excluding carboxylic acids is 1. The fourth-order valence-corrected chi connectivity index (χ4v) is 3.70. The molecular formula is C15H23N3O3S. The fourth-order valence-electron chi connectivity index (χ4n) is 3.14. The number of aromatic nitrogens is 1. The highest BCUT2D eigenvalue weighted by atomic mass is 32.1. The molecule has 2 fully saturated rings. The van der Waals surface area contributed by atoms with Gasteiger partial charge in [0.1, 0.15) is 10.6 Å². The second-order valence-electron chi connectivity index (χ2n) is 6.79. The Bertz CT molecular complexity index is 515. The molecule has 0 aromatic carbocycles. The van der Waals surface area contributed by atoms with Gasteiger partial charge in [-0.3, -0.25) is 0 Å². The minimum atomic E-state index is -0.483. The van der Waals surface area contributed by atoms with Gasteiger partial charge < -0.3 is 20.1 Å². The maximum absolute atomic E-state index is 12.0. The van der Waals surface area contributed by atoms with Crippen molar-refractivity contribution >= 4 is 17.4 Å². The Balaban J connectivity index is 1.57. The highest BCUT2D eigenvalue weighted by Gasteiger charge is 2.54. The Kier molecular flexibility index (Phi) is 4.38. The summed E-state index contributed by atoms with van der Waals surface area (Å²) < 4.78 is 11.1. The van der Waals surface area contributed by atoms with E-state index in [1.807, 2.05) is 26.2 Å². The molecule has 4 unspecified atom stereocenters. The van der Waals surface area contributed by atoms with Crippen molar-refractivity contribution < 1.29 is 14.3 Å². The van der Waals surface area contributed by atoms with Crippen molar-refractivity contribution in [1.82, 2.24) is 15.6 Å². The predicted octanol–water partition coefficient (Wildman–Crippen LogP) is 1.91. The molecule has 1 aromatic heterocycles. The summed E-state index contributed by atoms with van der Waals surface area (Å²) >= 11 is 1.62. The monoisotopic (exact) mass is 325 g/mol. The molecule has 3 rings (SSSR count). The smallest absolute Gasteiger partial charge is 0.407 e. The van der Waals surface area contributed by atoms with Gasteiger partial charge in [-0.15, -0.1) is 11.3 Å². The van der Waals surface area contributed by atoms with Crippen LogP contribution in [0.3, 0.4) is 0 Å². The average Bonchev–Trinajstić information content (AvgIpc) is 3.04. The lowest BCUT2D eigenvalue weighted by Crippen LogP contribution is -2.70. The minimum absolute atomic E-state index is 0.0577. The second-order valence-corrected chi connectivity index (χ2v) is 7.77. The Morgan fingerprint density at radius 3 is 3.00 bits per heavy atom. The van der Waals surface area contributed by atoms with Crippen LogP contribution in [0.15, 0.2) is 11.6 Å². The lowest BCUT2D eigenvalue weighted by atomic mass is 9.71. The number of nitrogens with one attached hydrogen (secondary N) is 2. The average molecular weight is 325 g/mol. The molecule has 4 atom stereocenters. The van der Waals surface area contributed by atoms with Crippen LogP contribution in [-0.4, -0.2) is 41.5 Å². The number of ether oxygens (including phenoxy) is 2. The molecule has 1 aliphatic carbocycles. The van der Waals surface area contributed by atoms with Crippen molar-refractivity contribution in [3.05, 3.63) is 16.6 Å². The number of amides is 1. The molecule has 2 heterocycles. The number of hydrogen-bond donors (Lipinski definition) is 2. The molecule has 7 heteroatoms. The zero-order valence-electron chi connectivity index (χ0n) is 13.2. The summed E-state index contributed by atoms with van der Waals surface area (Å²) in [6.45, 7) is 7.06. The van der Waals surface area contributed by atoms with E-state index in [9.17, 15) is 4.79 Å². The van der Waals surface area contributed by atoms with E-state index in [4.69, 9.17) is 9.47 Å². The third kappa shape index (κ3) is 3.42. The Hall–Kier alpha value is -1.18. The largest absolute Gasteiger partial charge is 0.444 e. The SMILES string of the molecule is CC(C)(C)OC(=O)NC1C2CCOC2C1NCc1nccs1. The Morgan fingerprint density at radius 1 is 1.50 bits per heavy atom. The Labute approximate surface area is 134 Å². The summed E-state index contributed by atoms with van der Waals surface area (Å²) in [5.74, 6) is 0.376. The standard InChI is InChI=1S/C15H23N3O3S/c1-15(2,3)21-14(19)18-11-9-4-6-20-13(9)12(11)17-8-10-16-5-7-22-10/h5,7,9,11-13,17H,4,6,8H2,1-3H3,(H,18,19). The van der Waals surface area contributed by atoms with E-state index in [2.05, 4.69) is 15.6 Å². The van der Waals surface area contributed by atoms with Gasteiger partial charge in [0.15, 0.2) is 0 Å². The highest BCUT2D eigenvalue weighted by molar-refractivity contribution is 7.09. The van der Waals surface area contributed by atoms with E-state index in [-0.39, 0.29) is 24.3 Å². The van der Waals surface area contributed by atoms with Crippen LogP contribution < -0.4 is 10.6 Å². The first-order valence-corrected chi connectivity index (χ1v) is 8.55. The molecule has 122 valence electrons. The Morgan fingerprint density at radius 2 is 2.32 bits per heavy atom. The van der Waals surface area contributed by atoms with Gasteiger partial charge in [-0.25, -0.2) is 9.78 Å². The van der Waals surface area contributed by atoms with E-state index < -0.39 is 5.60 Å². The topological polar surface area (TPSA) is 72.5 Å². The summed E-state index contributed by atoms with van der Waals surface area (Å²) in [6.07, 6.45) is 2.61. The highest BCUT2D eigenvalue weighted by Crippen LogP contribution is 2.39. The molecule has 22 heavy (non-hydrogen) atoms. The summed E-state index contributed by atoms with van der Waals surface area (Å²) in [6, 6.07) is 0.172. The summed E-state index contributed by atoms with van der Waals surface area (Å²) in [7, 11) is 0. The van der Waals surface area contributed by atoms with Gasteiger partial charge in [-0.05, 0) is 27.2 Å². The van der Waals surface area contributed by atoms with E-state index in [1.165, 1.54) is 0 Å². The first-order valence-electron chi connectivity index (χ1n) is 7.67. The van der Waals surface area contributed by atoms with Gasteiger partial charge in [-0.2, -0.15) is 0 Å². The zero-order chi connectivity index (χ0) is 15.7. The number of alkyl carbamates (subject to hydrolysis) is 1. The first kappa shape index (κ1) is 15.7. The third-order valence-electron chi connectivity index (χ3n) is 4.04. The zero-order valence-corrected chi connectivity index (χ0v) is 14.0. The maximum Gasteiger partial charge on any atom is 0.407 e. The third-order valence-corrected chi connectivity index (χ3v) is 4.82. The van der Waals surface area contributed by atoms with Crippen LogP contribution >= 0.6 is 11.3 Å². The number of carbonyl (C=O) groups is 1. The molecule has 1 aliphatic heterocycles. The van der Waals surface area contributed by atoms with Crippen molar-refractivity contribution in [3.8, 4) is 0 Å². The van der Waals surface area contributed by atoms with Crippen LogP contribution in [0.5, 0.6) is 0 Å². The van der Waals surface area contributed by atoms with Crippen molar-refractivity contribution in [2.45, 2.75) is 57.5 Å². The van der Waals surface area contributed by atoms with Crippen LogP contribution in [0.1, 0.15) is 32.2 Å². The van der Waals surface area contributed by atoms with Crippen molar-refractivity contribution in [2.24, 2.45) is 5.92 Å². The molecule has 6 nitrogen and oxygen atoms in total. The first-order chi connectivity index (χ1) is 10.4. The van der Waals surface area contributed by atoms with Gasteiger partial charge in [-0.1, -0.05) is 0 Å². The quantitative estimate of drug-likeness (QED) is 0.885. The van der Waals surface area contributed by atoms with E-state index >= 15 is 0 Å². The molecule has 1 aromatic rings. The van der Waals surface area contributed by atoms with Gasteiger partial charge in [0, 0.05) is 30.6 Å². The summed E-state index contributed by atoms with van der Waals surface area (Å²) in [4.78, 5) is 16.3. The lowest BCUT2D eigenvalue weighted by molar-refractivity contribution is -0.0344. The van der Waals surface area contributed by atoms with Gasteiger partial charge in [0.05, 0.1) is 18.2 Å². The molecule has 1 saturated heterocycles. The molecule has 2 aliphatic rings. The molecule has 2 N–H and O–H groups in total. The summed E-state index contributed by atoms with van der Waals surface area (Å²) in [5, 5.41) is 9.47. The summed E-state index contributed by atoms with van der Waals surface area (Å²) in [5.41, 5.74) is -0.483. The van der Waals surface area contributed by atoms with Gasteiger partial charge in [0.25, 0.3) is 0 Å². The number of hydrogen-bond acceptors (Lipinski definition) is 6. The van der Waals surface area contributed by atoms with E-state index in [0.29, 0.717) is 12.5 Å². The number of fused-ring (bicyclic) bond motifs is 1. The number of nitrogens with zero attached hydrogens (tertiary/aromatic N) is 1. The van der Waals surface area contributed by atoms with Crippen LogP contribution in [0, 0.1) is 5.92 Å². The number of thiazole rings is 1. The molecule has 1 saturated carbocycles. The van der Waals surface area contributed by atoms with Crippen molar-refractivity contribution in [2.75, 3.05) is 6.61 Å². The van der Waals surface area contributed by atoms with Gasteiger partial charge >= 0.3 is 6.09 Å². The van der Waals surface area contributed by atoms with Gasteiger partial charge in [0.2, 0.25) is 0 Å². The van der Waals surface area contributed by atoms with Crippen molar-refractivity contribution in [3.63, 3.8) is 0 Å².